The van der Waals surface area contributed by atoms with E-state index in [1.165, 1.54) is 5.56 Å². The molecule has 5 heteroatoms. The van der Waals surface area contributed by atoms with Crippen molar-refractivity contribution in [2.24, 2.45) is 7.05 Å². The predicted molar refractivity (Wildman–Crippen MR) is 77.8 cm³/mol. The monoisotopic (exact) mass is 275 g/mol. The van der Waals surface area contributed by atoms with Gasteiger partial charge >= 0.3 is 0 Å². The molecule has 2 N–H and O–H groups in total. The first-order valence-electron chi connectivity index (χ1n) is 6.72. The van der Waals surface area contributed by atoms with Crippen molar-refractivity contribution in [3.8, 4) is 11.5 Å². The average molecular weight is 275 g/mol. The molecular weight excluding hydrogens is 254 g/mol. The van der Waals surface area contributed by atoms with Crippen LogP contribution in [0.15, 0.2) is 24.4 Å². The average Bonchev–Trinajstić information content (AvgIpc) is 2.80. The number of phenolic OH excluding ortho intramolecular Hbond substituents is 1. The molecule has 0 aliphatic carbocycles. The lowest BCUT2D eigenvalue weighted by molar-refractivity contribution is 0.406. The van der Waals surface area contributed by atoms with E-state index in [4.69, 9.17) is 4.74 Å². The van der Waals surface area contributed by atoms with Crippen LogP contribution < -0.4 is 10.1 Å². The summed E-state index contributed by atoms with van der Waals surface area (Å²) < 4.78 is 6.90. The van der Waals surface area contributed by atoms with Crippen molar-refractivity contribution < 1.29 is 9.84 Å². The first-order chi connectivity index (χ1) is 9.63. The van der Waals surface area contributed by atoms with Crippen molar-refractivity contribution in [1.82, 2.24) is 15.1 Å². The van der Waals surface area contributed by atoms with Crippen LogP contribution in [0.5, 0.6) is 11.5 Å². The second-order valence-corrected chi connectivity index (χ2v) is 4.73. The fourth-order valence-electron chi connectivity index (χ4n) is 2.18. The fourth-order valence-corrected chi connectivity index (χ4v) is 2.18. The van der Waals surface area contributed by atoms with E-state index in [1.807, 2.05) is 30.1 Å². The molecule has 0 saturated carbocycles. The zero-order chi connectivity index (χ0) is 14.5. The minimum absolute atomic E-state index is 0.249. The van der Waals surface area contributed by atoms with Crippen LogP contribution >= 0.6 is 0 Å². The molecule has 0 spiro atoms. The highest BCUT2D eigenvalue weighted by molar-refractivity contribution is 5.39. The summed E-state index contributed by atoms with van der Waals surface area (Å²) in [5.41, 5.74) is 3.16. The Labute approximate surface area is 119 Å². The number of phenols is 1. The number of nitrogens with one attached hydrogen (secondary N) is 1. The Morgan fingerprint density at radius 2 is 2.05 bits per heavy atom. The molecule has 5 nitrogen and oxygen atoms in total. The van der Waals surface area contributed by atoms with E-state index in [1.54, 1.807) is 13.2 Å². The predicted octanol–water partition coefficient (Wildman–Crippen LogP) is 1.99. The number of hydrogen-bond donors (Lipinski definition) is 2. The second-order valence-electron chi connectivity index (χ2n) is 4.73. The summed E-state index contributed by atoms with van der Waals surface area (Å²) in [5.74, 6) is 0.908. The fraction of sp³-hybridized carbons (Fsp3) is 0.400. The molecule has 0 aliphatic rings. The quantitative estimate of drug-likeness (QED) is 0.846. The van der Waals surface area contributed by atoms with Gasteiger partial charge in [-0.25, -0.2) is 0 Å². The lowest BCUT2D eigenvalue weighted by Gasteiger charge is -2.08. The van der Waals surface area contributed by atoms with E-state index in [0.717, 1.165) is 24.2 Å². The van der Waals surface area contributed by atoms with Crippen molar-refractivity contribution >= 4 is 0 Å². The molecule has 0 bridgehead atoms. The van der Waals surface area contributed by atoms with Crippen LogP contribution in [0.1, 0.15) is 23.7 Å². The van der Waals surface area contributed by atoms with Gasteiger partial charge in [-0.15, -0.1) is 0 Å². The first kappa shape index (κ1) is 14.4. The van der Waals surface area contributed by atoms with E-state index >= 15 is 0 Å². The normalized spacial score (nSPS) is 10.8. The lowest BCUT2D eigenvalue weighted by atomic mass is 10.1. The molecule has 20 heavy (non-hydrogen) atoms. The molecular formula is C15H21N3O2. The maximum atomic E-state index is 9.89. The summed E-state index contributed by atoms with van der Waals surface area (Å²) in [6, 6.07) is 5.34. The van der Waals surface area contributed by atoms with Crippen molar-refractivity contribution in [3.05, 3.63) is 41.2 Å². The highest BCUT2D eigenvalue weighted by atomic mass is 16.5. The topological polar surface area (TPSA) is 59.3 Å². The van der Waals surface area contributed by atoms with Crippen LogP contribution in [0, 0.1) is 0 Å². The summed E-state index contributed by atoms with van der Waals surface area (Å²) in [4.78, 5) is 0. The Balaban J connectivity index is 1.95. The molecule has 0 saturated heterocycles. The number of benzene rings is 1. The van der Waals surface area contributed by atoms with E-state index in [9.17, 15) is 5.11 Å². The largest absolute Gasteiger partial charge is 0.507 e. The molecule has 2 aromatic rings. The van der Waals surface area contributed by atoms with Gasteiger partial charge in [-0.05, 0) is 12.5 Å². The van der Waals surface area contributed by atoms with Crippen LogP contribution in [0.4, 0.5) is 0 Å². The van der Waals surface area contributed by atoms with Gasteiger partial charge < -0.3 is 15.2 Å². The van der Waals surface area contributed by atoms with Gasteiger partial charge in [0.1, 0.15) is 11.5 Å². The summed E-state index contributed by atoms with van der Waals surface area (Å²) in [5, 5.41) is 17.6. The van der Waals surface area contributed by atoms with Crippen LogP contribution in [0.25, 0.3) is 0 Å². The number of ether oxygens (including phenoxy) is 1. The molecule has 1 aromatic heterocycles. The maximum absolute atomic E-state index is 9.89. The number of aromatic hydroxyl groups is 1. The molecule has 0 aliphatic heterocycles. The first-order valence-corrected chi connectivity index (χ1v) is 6.72. The lowest BCUT2D eigenvalue weighted by Crippen LogP contribution is -2.13. The van der Waals surface area contributed by atoms with Crippen LogP contribution in [0.3, 0.4) is 0 Å². The zero-order valence-corrected chi connectivity index (χ0v) is 12.2. The van der Waals surface area contributed by atoms with Gasteiger partial charge in [0.25, 0.3) is 0 Å². The van der Waals surface area contributed by atoms with Gasteiger partial charge in [0, 0.05) is 43.5 Å². The SMILES string of the molecule is CCc1nn(C)cc1CNCc1ccc(OC)cc1O. The van der Waals surface area contributed by atoms with E-state index in [2.05, 4.69) is 17.3 Å². The highest BCUT2D eigenvalue weighted by Crippen LogP contribution is 2.23. The Kier molecular flexibility index (Phi) is 4.63. The number of rotatable bonds is 6. The van der Waals surface area contributed by atoms with Crippen molar-refractivity contribution in [2.45, 2.75) is 26.4 Å². The van der Waals surface area contributed by atoms with Gasteiger partial charge in [0.2, 0.25) is 0 Å². The maximum Gasteiger partial charge on any atom is 0.123 e. The summed E-state index contributed by atoms with van der Waals surface area (Å²) >= 11 is 0. The number of aryl methyl sites for hydroxylation is 2. The molecule has 0 atom stereocenters. The van der Waals surface area contributed by atoms with E-state index in [0.29, 0.717) is 12.3 Å². The summed E-state index contributed by atoms with van der Waals surface area (Å²) in [6.07, 6.45) is 2.95. The third kappa shape index (κ3) is 3.30. The van der Waals surface area contributed by atoms with Gasteiger partial charge in [-0.1, -0.05) is 13.0 Å². The minimum Gasteiger partial charge on any atom is -0.507 e. The number of nitrogens with zero attached hydrogens (tertiary/aromatic N) is 2. The molecule has 1 heterocycles. The van der Waals surface area contributed by atoms with Crippen molar-refractivity contribution in [2.75, 3.05) is 7.11 Å². The Bertz CT molecular complexity index is 578. The Morgan fingerprint density at radius 1 is 1.30 bits per heavy atom. The van der Waals surface area contributed by atoms with E-state index < -0.39 is 0 Å². The molecule has 2 rings (SSSR count). The number of methoxy groups -OCH3 is 1. The Hall–Kier alpha value is -2.01. The Morgan fingerprint density at radius 3 is 2.70 bits per heavy atom. The van der Waals surface area contributed by atoms with Crippen LogP contribution in [-0.2, 0) is 26.6 Å². The standard InChI is InChI=1S/C15H21N3O2/c1-4-14-12(10-18(2)17-14)9-16-8-11-5-6-13(20-3)7-15(11)19/h5-7,10,16,19H,4,8-9H2,1-3H3. The highest BCUT2D eigenvalue weighted by Gasteiger charge is 2.07. The van der Waals surface area contributed by atoms with Crippen LogP contribution in [0.2, 0.25) is 0 Å². The summed E-state index contributed by atoms with van der Waals surface area (Å²) in [7, 11) is 3.51. The third-order valence-corrected chi connectivity index (χ3v) is 3.25. The molecule has 0 amide bonds. The molecule has 0 radical (unpaired) electrons. The molecule has 0 fully saturated rings. The van der Waals surface area contributed by atoms with Crippen molar-refractivity contribution in [3.63, 3.8) is 0 Å². The van der Waals surface area contributed by atoms with Gasteiger partial charge in [-0.2, -0.15) is 5.10 Å². The number of hydrogen-bond acceptors (Lipinski definition) is 4. The van der Waals surface area contributed by atoms with E-state index in [-0.39, 0.29) is 5.75 Å². The summed E-state index contributed by atoms with van der Waals surface area (Å²) in [6.45, 7) is 3.44. The number of aromatic nitrogens is 2. The zero-order valence-electron chi connectivity index (χ0n) is 12.2. The molecule has 0 unspecified atom stereocenters. The molecule has 108 valence electrons. The molecule has 1 aromatic carbocycles. The van der Waals surface area contributed by atoms with Crippen molar-refractivity contribution in [1.29, 1.82) is 0 Å². The third-order valence-electron chi connectivity index (χ3n) is 3.25. The second kappa shape index (κ2) is 6.43. The smallest absolute Gasteiger partial charge is 0.123 e. The van der Waals surface area contributed by atoms with Gasteiger partial charge in [-0.3, -0.25) is 4.68 Å². The van der Waals surface area contributed by atoms with Crippen LogP contribution in [-0.4, -0.2) is 22.0 Å². The van der Waals surface area contributed by atoms with Gasteiger partial charge in [0.15, 0.2) is 0 Å². The van der Waals surface area contributed by atoms with Gasteiger partial charge in [0.05, 0.1) is 12.8 Å². The minimum atomic E-state index is 0.249.